The van der Waals surface area contributed by atoms with Crippen LogP contribution in [0.5, 0.6) is 11.5 Å². The maximum absolute atomic E-state index is 12.6. The number of amides is 1. The van der Waals surface area contributed by atoms with E-state index in [0.29, 0.717) is 44.0 Å². The summed E-state index contributed by atoms with van der Waals surface area (Å²) in [6.07, 6.45) is 0. The van der Waals surface area contributed by atoms with Gasteiger partial charge in [0.2, 0.25) is 11.7 Å². The SMILES string of the molecule is COc1cc(NC(=O)CSc2nnc3n(C)c(=O)c4ccccc4n23)c(OC)cc1Cl. The van der Waals surface area contributed by atoms with Gasteiger partial charge in [-0.1, -0.05) is 35.5 Å². The third-order valence-electron chi connectivity index (χ3n) is 4.68. The van der Waals surface area contributed by atoms with Crippen LogP contribution in [0.15, 0.2) is 46.3 Å². The van der Waals surface area contributed by atoms with Crippen LogP contribution in [0.3, 0.4) is 0 Å². The Morgan fingerprint density at radius 1 is 1.16 bits per heavy atom. The molecule has 0 fully saturated rings. The molecule has 31 heavy (non-hydrogen) atoms. The molecule has 160 valence electrons. The fourth-order valence-electron chi connectivity index (χ4n) is 3.18. The first-order chi connectivity index (χ1) is 14.9. The zero-order chi connectivity index (χ0) is 22.1. The highest BCUT2D eigenvalue weighted by molar-refractivity contribution is 7.99. The largest absolute Gasteiger partial charge is 0.495 e. The molecule has 2 aromatic carbocycles. The Hall–Kier alpha value is -3.24. The first-order valence-electron chi connectivity index (χ1n) is 9.11. The quantitative estimate of drug-likeness (QED) is 0.442. The zero-order valence-corrected chi connectivity index (χ0v) is 18.5. The Morgan fingerprint density at radius 2 is 1.90 bits per heavy atom. The van der Waals surface area contributed by atoms with Crippen molar-refractivity contribution in [2.24, 2.45) is 7.05 Å². The molecule has 0 aliphatic heterocycles. The molecule has 11 heteroatoms. The number of benzene rings is 2. The summed E-state index contributed by atoms with van der Waals surface area (Å²) in [5, 5.41) is 12.5. The first kappa shape index (κ1) is 21.0. The average molecular weight is 460 g/mol. The van der Waals surface area contributed by atoms with Crippen molar-refractivity contribution in [2.45, 2.75) is 5.16 Å². The predicted octanol–water partition coefficient (Wildman–Crippen LogP) is 2.98. The van der Waals surface area contributed by atoms with Crippen molar-refractivity contribution in [3.63, 3.8) is 0 Å². The molecule has 0 saturated carbocycles. The van der Waals surface area contributed by atoms with Gasteiger partial charge >= 0.3 is 0 Å². The van der Waals surface area contributed by atoms with Gasteiger partial charge in [-0.25, -0.2) is 0 Å². The van der Waals surface area contributed by atoms with Gasteiger partial charge in [-0.05, 0) is 12.1 Å². The Morgan fingerprint density at radius 3 is 2.65 bits per heavy atom. The summed E-state index contributed by atoms with van der Waals surface area (Å²) < 4.78 is 13.7. The molecule has 4 rings (SSSR count). The van der Waals surface area contributed by atoms with Gasteiger partial charge in [-0.2, -0.15) is 0 Å². The number of hydrogen-bond acceptors (Lipinski definition) is 7. The minimum Gasteiger partial charge on any atom is -0.495 e. The van der Waals surface area contributed by atoms with E-state index in [9.17, 15) is 9.59 Å². The van der Waals surface area contributed by atoms with Crippen molar-refractivity contribution in [2.75, 3.05) is 25.3 Å². The predicted molar refractivity (Wildman–Crippen MR) is 120 cm³/mol. The van der Waals surface area contributed by atoms with Gasteiger partial charge in [0.15, 0.2) is 5.16 Å². The summed E-state index contributed by atoms with van der Waals surface area (Å²) in [7, 11) is 4.61. The molecule has 0 aliphatic carbocycles. The first-order valence-corrected chi connectivity index (χ1v) is 10.5. The van der Waals surface area contributed by atoms with Crippen LogP contribution < -0.4 is 20.3 Å². The topological polar surface area (TPSA) is 99.7 Å². The molecule has 0 radical (unpaired) electrons. The van der Waals surface area contributed by atoms with Crippen LogP contribution in [-0.2, 0) is 11.8 Å². The van der Waals surface area contributed by atoms with Crippen molar-refractivity contribution < 1.29 is 14.3 Å². The van der Waals surface area contributed by atoms with Crippen molar-refractivity contribution in [3.8, 4) is 11.5 Å². The van der Waals surface area contributed by atoms with E-state index in [0.717, 1.165) is 0 Å². The zero-order valence-electron chi connectivity index (χ0n) is 16.9. The Labute approximate surface area is 185 Å². The molecule has 0 saturated heterocycles. The molecule has 0 aliphatic rings. The maximum atomic E-state index is 12.6. The average Bonchev–Trinajstić information content (AvgIpc) is 3.21. The van der Waals surface area contributed by atoms with E-state index in [1.807, 2.05) is 12.1 Å². The number of anilines is 1. The number of rotatable bonds is 6. The van der Waals surface area contributed by atoms with Crippen molar-refractivity contribution >= 4 is 51.6 Å². The van der Waals surface area contributed by atoms with Crippen molar-refractivity contribution in [1.29, 1.82) is 0 Å². The van der Waals surface area contributed by atoms with Gasteiger partial charge in [0.25, 0.3) is 5.56 Å². The molecule has 0 bridgehead atoms. The molecule has 1 amide bonds. The van der Waals surface area contributed by atoms with Gasteiger partial charge in [0.05, 0.1) is 41.6 Å². The van der Waals surface area contributed by atoms with Gasteiger partial charge in [0.1, 0.15) is 11.5 Å². The van der Waals surface area contributed by atoms with Crippen LogP contribution in [0.1, 0.15) is 0 Å². The summed E-state index contributed by atoms with van der Waals surface area (Å²) in [5.74, 6) is 1.01. The summed E-state index contributed by atoms with van der Waals surface area (Å²) in [4.78, 5) is 25.1. The summed E-state index contributed by atoms with van der Waals surface area (Å²) in [5.41, 5.74) is 0.958. The highest BCUT2D eigenvalue weighted by Crippen LogP contribution is 2.36. The number of aromatic nitrogens is 4. The molecule has 4 aromatic rings. The highest BCUT2D eigenvalue weighted by atomic mass is 35.5. The van der Waals surface area contributed by atoms with Crippen LogP contribution in [0.25, 0.3) is 16.7 Å². The number of nitrogens with one attached hydrogen (secondary N) is 1. The lowest BCUT2D eigenvalue weighted by Crippen LogP contribution is -2.20. The molecule has 0 spiro atoms. The number of fused-ring (bicyclic) bond motifs is 3. The van der Waals surface area contributed by atoms with Gasteiger partial charge in [-0.3, -0.25) is 18.6 Å². The number of methoxy groups -OCH3 is 2. The molecule has 0 unspecified atom stereocenters. The van der Waals surface area contributed by atoms with E-state index in [1.54, 1.807) is 35.7 Å². The summed E-state index contributed by atoms with van der Waals surface area (Å²) in [6, 6.07) is 10.4. The molecule has 0 atom stereocenters. The van der Waals surface area contributed by atoms with Crippen LogP contribution in [0.4, 0.5) is 5.69 Å². The molecule has 1 N–H and O–H groups in total. The molecule has 9 nitrogen and oxygen atoms in total. The molecule has 2 aromatic heterocycles. The fourth-order valence-corrected chi connectivity index (χ4v) is 4.15. The number of carbonyl (C=O) groups excluding carboxylic acids is 1. The monoisotopic (exact) mass is 459 g/mol. The maximum Gasteiger partial charge on any atom is 0.262 e. The molecular weight excluding hydrogens is 442 g/mol. The number of carbonyl (C=O) groups is 1. The number of aryl methyl sites for hydroxylation is 1. The van der Waals surface area contributed by atoms with Crippen LogP contribution in [-0.4, -0.2) is 45.0 Å². The van der Waals surface area contributed by atoms with Gasteiger partial charge < -0.3 is 14.8 Å². The van der Waals surface area contributed by atoms with Crippen LogP contribution in [0.2, 0.25) is 5.02 Å². The lowest BCUT2D eigenvalue weighted by molar-refractivity contribution is -0.113. The minimum atomic E-state index is -0.279. The fraction of sp³-hybridized carbons (Fsp3) is 0.200. The van der Waals surface area contributed by atoms with E-state index in [-0.39, 0.29) is 17.2 Å². The van der Waals surface area contributed by atoms with E-state index in [1.165, 1.54) is 30.5 Å². The van der Waals surface area contributed by atoms with E-state index >= 15 is 0 Å². The van der Waals surface area contributed by atoms with Gasteiger partial charge in [0, 0.05) is 19.2 Å². The second-order valence-electron chi connectivity index (χ2n) is 6.52. The van der Waals surface area contributed by atoms with Crippen LogP contribution >= 0.6 is 23.4 Å². The number of nitrogens with zero attached hydrogens (tertiary/aromatic N) is 4. The Bertz CT molecular complexity index is 1370. The number of halogens is 1. The second kappa shape index (κ2) is 8.48. The molecule has 2 heterocycles. The highest BCUT2D eigenvalue weighted by Gasteiger charge is 2.17. The van der Waals surface area contributed by atoms with Crippen molar-refractivity contribution in [1.82, 2.24) is 19.2 Å². The Kier molecular flexibility index (Phi) is 5.75. The Balaban J connectivity index is 1.61. The molecular formula is C20H18ClN5O4S. The number of thioether (sulfide) groups is 1. The van der Waals surface area contributed by atoms with Gasteiger partial charge in [-0.15, -0.1) is 10.2 Å². The summed E-state index contributed by atoms with van der Waals surface area (Å²) in [6.45, 7) is 0. The normalized spacial score (nSPS) is 11.1. The van der Waals surface area contributed by atoms with Crippen molar-refractivity contribution in [3.05, 3.63) is 51.8 Å². The minimum absolute atomic E-state index is 0.0616. The number of hydrogen-bond donors (Lipinski definition) is 1. The van der Waals surface area contributed by atoms with E-state index in [2.05, 4.69) is 15.5 Å². The third kappa shape index (κ3) is 3.79. The summed E-state index contributed by atoms with van der Waals surface area (Å²) >= 11 is 7.31. The second-order valence-corrected chi connectivity index (χ2v) is 7.87. The number of ether oxygens (including phenoxy) is 2. The van der Waals surface area contributed by atoms with E-state index in [4.69, 9.17) is 21.1 Å². The van der Waals surface area contributed by atoms with Crippen LogP contribution in [0, 0.1) is 0 Å². The van der Waals surface area contributed by atoms with E-state index < -0.39 is 0 Å². The lowest BCUT2D eigenvalue weighted by Gasteiger charge is -2.13. The standard InChI is InChI=1S/C20H18ClN5O4S/c1-25-18(28)11-6-4-5-7-14(11)26-19(25)23-24-20(26)31-10-17(27)22-13-9-15(29-2)12(21)8-16(13)30-3/h4-9H,10H2,1-3H3,(H,22,27). The number of para-hydroxylation sites is 1. The third-order valence-corrected chi connectivity index (χ3v) is 5.90. The lowest BCUT2D eigenvalue weighted by atomic mass is 10.2. The smallest absolute Gasteiger partial charge is 0.262 e.